The number of carbonyl (C=O) groups excluding carboxylic acids is 2. The number of benzene rings is 2. The summed E-state index contributed by atoms with van der Waals surface area (Å²) in [6.45, 7) is 0.0913. The van der Waals surface area contributed by atoms with Gasteiger partial charge in [-0.3, -0.25) is 0 Å². The fraction of sp³-hybridized carbons (Fsp3) is 0.125. The molecule has 2 aromatic rings. The highest BCUT2D eigenvalue weighted by molar-refractivity contribution is 6.32. The Labute approximate surface area is 136 Å². The summed E-state index contributed by atoms with van der Waals surface area (Å²) in [7, 11) is 1.35. The van der Waals surface area contributed by atoms with Crippen LogP contribution in [0.1, 0.15) is 26.3 Å². The predicted octanol–water partition coefficient (Wildman–Crippen LogP) is 0.655. The van der Waals surface area contributed by atoms with Gasteiger partial charge in [0.15, 0.2) is 11.5 Å². The third kappa shape index (κ3) is 3.92. The summed E-state index contributed by atoms with van der Waals surface area (Å²) in [4.78, 5) is 21.6. The lowest BCUT2D eigenvalue weighted by molar-refractivity contribution is -0.256. The average molecular weight is 335 g/mol. The maximum absolute atomic E-state index is 10.9. The Bertz CT molecular complexity index is 739. The van der Waals surface area contributed by atoms with E-state index in [1.165, 1.54) is 31.4 Å². The third-order valence-electron chi connectivity index (χ3n) is 3.04. The van der Waals surface area contributed by atoms with Gasteiger partial charge in [0.1, 0.15) is 6.61 Å². The van der Waals surface area contributed by atoms with E-state index in [1.807, 2.05) is 0 Å². The number of carbonyl (C=O) groups is 2. The topological polar surface area (TPSA) is 98.7 Å². The van der Waals surface area contributed by atoms with Crippen molar-refractivity contribution >= 4 is 23.5 Å². The Hall–Kier alpha value is -2.73. The van der Waals surface area contributed by atoms with Gasteiger partial charge < -0.3 is 29.3 Å². The first-order valence-corrected chi connectivity index (χ1v) is 6.82. The lowest BCUT2D eigenvalue weighted by atomic mass is 10.1. The summed E-state index contributed by atoms with van der Waals surface area (Å²) in [5.41, 5.74) is 0.622. The summed E-state index contributed by atoms with van der Waals surface area (Å²) in [6, 6.07) is 8.38. The number of hydrogen-bond donors (Lipinski definition) is 0. The monoisotopic (exact) mass is 334 g/mol. The van der Waals surface area contributed by atoms with Gasteiger partial charge in [-0.25, -0.2) is 0 Å². The van der Waals surface area contributed by atoms with Crippen molar-refractivity contribution in [3.05, 3.63) is 58.1 Å². The summed E-state index contributed by atoms with van der Waals surface area (Å²) in [5, 5.41) is 21.6. The second kappa shape index (κ2) is 7.02. The quantitative estimate of drug-likeness (QED) is 0.769. The van der Waals surface area contributed by atoms with Crippen LogP contribution in [0, 0.1) is 0 Å². The van der Waals surface area contributed by atoms with E-state index >= 15 is 0 Å². The molecule has 0 spiro atoms. The molecule has 23 heavy (non-hydrogen) atoms. The van der Waals surface area contributed by atoms with Crippen molar-refractivity contribution < 1.29 is 29.3 Å². The van der Waals surface area contributed by atoms with Crippen LogP contribution in [0.2, 0.25) is 5.02 Å². The van der Waals surface area contributed by atoms with Gasteiger partial charge in [-0.05, 0) is 23.3 Å². The Morgan fingerprint density at radius 3 is 2.17 bits per heavy atom. The lowest BCUT2D eigenvalue weighted by Crippen LogP contribution is -2.22. The maximum atomic E-state index is 10.9. The van der Waals surface area contributed by atoms with Gasteiger partial charge in [-0.1, -0.05) is 35.9 Å². The molecule has 7 heteroatoms. The van der Waals surface area contributed by atoms with Gasteiger partial charge in [0, 0.05) is 5.56 Å². The SMILES string of the molecule is COc1cc(C(=O)[O-])cc(Cl)c1OCc1ccc(C(=O)[O-])cc1. The van der Waals surface area contributed by atoms with Crippen molar-refractivity contribution in [1.82, 2.24) is 0 Å². The van der Waals surface area contributed by atoms with Crippen LogP contribution in [0.15, 0.2) is 36.4 Å². The normalized spacial score (nSPS) is 10.2. The highest BCUT2D eigenvalue weighted by Gasteiger charge is 2.13. The Morgan fingerprint density at radius 1 is 1.04 bits per heavy atom. The van der Waals surface area contributed by atoms with Crippen molar-refractivity contribution in [2.24, 2.45) is 0 Å². The number of halogens is 1. The van der Waals surface area contributed by atoms with Crippen molar-refractivity contribution in [1.29, 1.82) is 0 Å². The van der Waals surface area contributed by atoms with Crippen LogP contribution >= 0.6 is 11.6 Å². The number of rotatable bonds is 6. The van der Waals surface area contributed by atoms with E-state index in [1.54, 1.807) is 12.1 Å². The van der Waals surface area contributed by atoms with E-state index in [0.29, 0.717) is 5.56 Å². The molecule has 0 atom stereocenters. The standard InChI is InChI=1S/C16H13ClO6/c1-22-13-7-11(16(20)21)6-12(17)14(13)23-8-9-2-4-10(5-3-9)15(18)19/h2-7H,8H2,1H3,(H,18,19)(H,20,21)/p-2. The molecule has 0 radical (unpaired) electrons. The number of carboxylic acids is 2. The van der Waals surface area contributed by atoms with Gasteiger partial charge in [-0.15, -0.1) is 0 Å². The number of carboxylic acid groups (broad SMARTS) is 2. The van der Waals surface area contributed by atoms with Gasteiger partial charge in [0.2, 0.25) is 0 Å². The van der Waals surface area contributed by atoms with Crippen LogP contribution in [0.25, 0.3) is 0 Å². The van der Waals surface area contributed by atoms with Gasteiger partial charge in [0.05, 0.1) is 24.1 Å². The first-order valence-electron chi connectivity index (χ1n) is 6.44. The molecular weight excluding hydrogens is 324 g/mol. The first-order chi connectivity index (χ1) is 10.9. The molecule has 2 aromatic carbocycles. The molecule has 0 bridgehead atoms. The molecule has 0 fully saturated rings. The van der Waals surface area contributed by atoms with Crippen LogP contribution in [0.4, 0.5) is 0 Å². The number of hydrogen-bond acceptors (Lipinski definition) is 6. The summed E-state index contributed by atoms with van der Waals surface area (Å²) >= 11 is 6.01. The minimum atomic E-state index is -1.38. The van der Waals surface area contributed by atoms with Gasteiger partial charge >= 0.3 is 0 Å². The molecule has 0 aliphatic carbocycles. The highest BCUT2D eigenvalue weighted by atomic mass is 35.5. The highest BCUT2D eigenvalue weighted by Crippen LogP contribution is 2.36. The Morgan fingerprint density at radius 2 is 1.65 bits per heavy atom. The van der Waals surface area contributed by atoms with Crippen LogP contribution < -0.4 is 19.7 Å². The van der Waals surface area contributed by atoms with Crippen molar-refractivity contribution in [2.75, 3.05) is 7.11 Å². The minimum Gasteiger partial charge on any atom is -0.545 e. The number of aromatic carboxylic acids is 2. The Balaban J connectivity index is 2.19. The van der Waals surface area contributed by atoms with E-state index in [2.05, 4.69) is 0 Å². The largest absolute Gasteiger partial charge is 0.545 e. The fourth-order valence-corrected chi connectivity index (χ4v) is 2.14. The minimum absolute atomic E-state index is 0.0580. The zero-order chi connectivity index (χ0) is 17.0. The molecule has 0 aromatic heterocycles. The molecule has 0 aliphatic heterocycles. The van der Waals surface area contributed by atoms with Crippen LogP contribution in [0.5, 0.6) is 11.5 Å². The van der Waals surface area contributed by atoms with Gasteiger partial charge in [-0.2, -0.15) is 0 Å². The van der Waals surface area contributed by atoms with E-state index < -0.39 is 11.9 Å². The molecule has 0 aliphatic rings. The molecule has 0 saturated heterocycles. The lowest BCUT2D eigenvalue weighted by Gasteiger charge is -2.15. The van der Waals surface area contributed by atoms with Crippen LogP contribution in [-0.2, 0) is 6.61 Å². The first kappa shape index (κ1) is 16.6. The zero-order valence-corrected chi connectivity index (χ0v) is 12.8. The molecule has 0 N–H and O–H groups in total. The Kier molecular flexibility index (Phi) is 5.08. The summed E-state index contributed by atoms with van der Waals surface area (Å²) < 4.78 is 10.6. The van der Waals surface area contributed by atoms with Crippen molar-refractivity contribution in [3.63, 3.8) is 0 Å². The zero-order valence-electron chi connectivity index (χ0n) is 12.0. The number of ether oxygens (including phenoxy) is 2. The molecule has 0 unspecified atom stereocenters. The maximum Gasteiger partial charge on any atom is 0.180 e. The predicted molar refractivity (Wildman–Crippen MR) is 77.4 cm³/mol. The second-order valence-corrected chi connectivity index (χ2v) is 4.96. The second-order valence-electron chi connectivity index (χ2n) is 4.55. The number of methoxy groups -OCH3 is 1. The summed E-state index contributed by atoms with van der Waals surface area (Å²) in [6.07, 6.45) is 0. The summed E-state index contributed by atoms with van der Waals surface area (Å²) in [5.74, 6) is -2.30. The molecule has 0 amide bonds. The molecule has 0 saturated carbocycles. The van der Waals surface area contributed by atoms with Crippen molar-refractivity contribution in [3.8, 4) is 11.5 Å². The van der Waals surface area contributed by atoms with E-state index in [9.17, 15) is 19.8 Å². The third-order valence-corrected chi connectivity index (χ3v) is 3.32. The van der Waals surface area contributed by atoms with Crippen molar-refractivity contribution in [2.45, 2.75) is 6.61 Å². The molecule has 0 heterocycles. The van der Waals surface area contributed by atoms with E-state index in [4.69, 9.17) is 21.1 Å². The van der Waals surface area contributed by atoms with E-state index in [-0.39, 0.29) is 34.3 Å². The van der Waals surface area contributed by atoms with E-state index in [0.717, 1.165) is 0 Å². The van der Waals surface area contributed by atoms with Crippen LogP contribution in [0.3, 0.4) is 0 Å². The van der Waals surface area contributed by atoms with Gasteiger partial charge in [0.25, 0.3) is 0 Å². The van der Waals surface area contributed by atoms with Crippen LogP contribution in [-0.4, -0.2) is 19.0 Å². The molecule has 6 nitrogen and oxygen atoms in total. The molecule has 2 rings (SSSR count). The average Bonchev–Trinajstić information content (AvgIpc) is 2.53. The fourth-order valence-electron chi connectivity index (χ4n) is 1.87. The molecule has 120 valence electrons. The smallest absolute Gasteiger partial charge is 0.180 e. The molecular formula is C16H11ClO6-2.